The van der Waals surface area contributed by atoms with Gasteiger partial charge < -0.3 is 5.11 Å². The molecule has 178 valence electrons. The van der Waals surface area contributed by atoms with Crippen LogP contribution in [0.3, 0.4) is 0 Å². The molecule has 3 aromatic rings. The molecule has 1 aromatic carbocycles. The van der Waals surface area contributed by atoms with Gasteiger partial charge in [-0.05, 0) is 63.1 Å². The van der Waals surface area contributed by atoms with Gasteiger partial charge in [0.2, 0.25) is 5.91 Å². The summed E-state index contributed by atoms with van der Waals surface area (Å²) in [5.74, 6) is -0.418. The first-order valence-corrected chi connectivity index (χ1v) is 12.5. The fourth-order valence-corrected chi connectivity index (χ4v) is 5.03. The second kappa shape index (κ2) is 9.93. The van der Waals surface area contributed by atoms with E-state index in [0.29, 0.717) is 11.6 Å². The van der Waals surface area contributed by atoms with Crippen LogP contribution in [0, 0.1) is 11.8 Å². The van der Waals surface area contributed by atoms with E-state index in [9.17, 15) is 14.7 Å². The van der Waals surface area contributed by atoms with Crippen LogP contribution >= 0.6 is 11.3 Å². The highest BCUT2D eigenvalue weighted by Crippen LogP contribution is 2.33. The van der Waals surface area contributed by atoms with E-state index in [0.717, 1.165) is 42.5 Å². The molecule has 1 amide bonds. The Balaban J connectivity index is 1.65. The summed E-state index contributed by atoms with van der Waals surface area (Å²) in [6.45, 7) is 10.1. The molecular formula is C26H30N4O3S. The molecule has 0 saturated heterocycles. The number of nitrogens with zero attached hydrogens (tertiary/aromatic N) is 4. The zero-order valence-electron chi connectivity index (χ0n) is 19.8. The van der Waals surface area contributed by atoms with Gasteiger partial charge in [-0.2, -0.15) is 0 Å². The van der Waals surface area contributed by atoms with Crippen LogP contribution in [0.25, 0.3) is 11.3 Å². The minimum atomic E-state index is -1.11. The number of carbonyl (C=O) groups is 2. The van der Waals surface area contributed by atoms with Crippen molar-refractivity contribution < 1.29 is 14.7 Å². The Morgan fingerprint density at radius 1 is 1.18 bits per heavy atom. The SMILES string of the molecule is C=C(c1ccc(-n2cc(C(=O)O)c(N(C(=O)[C@H]3CC[C@H](C)CC3)C(C)C)n2)cc1)c1cscn1. The predicted molar refractivity (Wildman–Crippen MR) is 135 cm³/mol. The molecule has 1 saturated carbocycles. The second-order valence-corrected chi connectivity index (χ2v) is 9.99. The van der Waals surface area contributed by atoms with Crippen LogP contribution in [-0.4, -0.2) is 37.8 Å². The molecular weight excluding hydrogens is 448 g/mol. The average molecular weight is 479 g/mol. The lowest BCUT2D eigenvalue weighted by Crippen LogP contribution is -2.43. The molecule has 8 heteroatoms. The highest BCUT2D eigenvalue weighted by atomic mass is 32.1. The van der Waals surface area contributed by atoms with Gasteiger partial charge in [0.15, 0.2) is 5.82 Å². The van der Waals surface area contributed by atoms with Gasteiger partial charge in [0.25, 0.3) is 0 Å². The first kappa shape index (κ1) is 23.9. The fraction of sp³-hybridized carbons (Fsp3) is 0.385. The van der Waals surface area contributed by atoms with Crippen molar-refractivity contribution in [3.63, 3.8) is 0 Å². The summed E-state index contributed by atoms with van der Waals surface area (Å²) in [5.41, 5.74) is 5.05. The van der Waals surface area contributed by atoms with E-state index in [1.165, 1.54) is 22.2 Å². The molecule has 1 N–H and O–H groups in total. The van der Waals surface area contributed by atoms with Crippen LogP contribution in [0.1, 0.15) is 68.1 Å². The smallest absolute Gasteiger partial charge is 0.341 e. The quantitative estimate of drug-likeness (QED) is 0.474. The Hall–Kier alpha value is -3.26. The van der Waals surface area contributed by atoms with Crippen molar-refractivity contribution in [3.8, 4) is 5.69 Å². The van der Waals surface area contributed by atoms with Gasteiger partial charge in [0.1, 0.15) is 5.56 Å². The largest absolute Gasteiger partial charge is 0.477 e. The Morgan fingerprint density at radius 3 is 2.41 bits per heavy atom. The van der Waals surface area contributed by atoms with E-state index >= 15 is 0 Å². The normalized spacial score (nSPS) is 18.1. The maximum atomic E-state index is 13.5. The van der Waals surface area contributed by atoms with E-state index in [-0.39, 0.29) is 29.2 Å². The molecule has 2 aromatic heterocycles. The van der Waals surface area contributed by atoms with Crippen molar-refractivity contribution in [1.82, 2.24) is 14.8 Å². The van der Waals surface area contributed by atoms with Gasteiger partial charge in [0.05, 0.1) is 16.9 Å². The Bertz CT molecular complexity index is 1170. The van der Waals surface area contributed by atoms with E-state index in [1.807, 2.05) is 43.5 Å². The van der Waals surface area contributed by atoms with Gasteiger partial charge >= 0.3 is 5.97 Å². The molecule has 0 atom stereocenters. The van der Waals surface area contributed by atoms with Gasteiger partial charge in [0, 0.05) is 29.1 Å². The molecule has 0 bridgehead atoms. The third kappa shape index (κ3) is 4.82. The number of hydrogen-bond acceptors (Lipinski definition) is 5. The molecule has 2 heterocycles. The van der Waals surface area contributed by atoms with Crippen molar-refractivity contribution in [2.24, 2.45) is 11.8 Å². The predicted octanol–water partition coefficient (Wildman–Crippen LogP) is 5.66. The van der Waals surface area contributed by atoms with Crippen LogP contribution < -0.4 is 4.90 Å². The summed E-state index contributed by atoms with van der Waals surface area (Å²) in [6.07, 6.45) is 5.17. The zero-order chi connectivity index (χ0) is 24.4. The molecule has 1 aliphatic rings. The lowest BCUT2D eigenvalue weighted by Gasteiger charge is -2.32. The second-order valence-electron chi connectivity index (χ2n) is 9.27. The lowest BCUT2D eigenvalue weighted by atomic mass is 9.82. The average Bonchev–Trinajstić information content (AvgIpc) is 3.50. The number of hydrogen-bond donors (Lipinski definition) is 1. The molecule has 0 radical (unpaired) electrons. The maximum absolute atomic E-state index is 13.5. The minimum absolute atomic E-state index is 0.0159. The van der Waals surface area contributed by atoms with Gasteiger partial charge in [-0.25, -0.2) is 14.5 Å². The van der Waals surface area contributed by atoms with Gasteiger partial charge in [-0.3, -0.25) is 9.69 Å². The van der Waals surface area contributed by atoms with Crippen LogP contribution in [0.15, 0.2) is 47.9 Å². The number of carboxylic acids is 1. The number of thiazole rings is 1. The molecule has 0 aliphatic heterocycles. The highest BCUT2D eigenvalue weighted by Gasteiger charge is 2.34. The van der Waals surface area contributed by atoms with Gasteiger partial charge in [-0.1, -0.05) is 25.6 Å². The lowest BCUT2D eigenvalue weighted by molar-refractivity contribution is -0.123. The topological polar surface area (TPSA) is 88.3 Å². The number of benzene rings is 1. The van der Waals surface area contributed by atoms with E-state index < -0.39 is 5.97 Å². The van der Waals surface area contributed by atoms with Crippen LogP contribution in [0.4, 0.5) is 5.82 Å². The zero-order valence-corrected chi connectivity index (χ0v) is 20.6. The molecule has 7 nitrogen and oxygen atoms in total. The number of anilines is 1. The Labute approximate surface area is 203 Å². The van der Waals surface area contributed by atoms with Crippen molar-refractivity contribution in [1.29, 1.82) is 0 Å². The molecule has 4 rings (SSSR count). The Morgan fingerprint density at radius 2 is 1.85 bits per heavy atom. The van der Waals surface area contributed by atoms with Crippen molar-refractivity contribution in [3.05, 3.63) is 64.8 Å². The number of rotatable bonds is 7. The minimum Gasteiger partial charge on any atom is -0.477 e. The number of aromatic nitrogens is 3. The van der Waals surface area contributed by atoms with Crippen LogP contribution in [0.5, 0.6) is 0 Å². The number of amides is 1. The highest BCUT2D eigenvalue weighted by molar-refractivity contribution is 7.07. The van der Waals surface area contributed by atoms with Crippen LogP contribution in [0.2, 0.25) is 0 Å². The number of aromatic carboxylic acids is 1. The third-order valence-corrected chi connectivity index (χ3v) is 7.08. The summed E-state index contributed by atoms with van der Waals surface area (Å²) in [4.78, 5) is 31.4. The summed E-state index contributed by atoms with van der Waals surface area (Å²) in [7, 11) is 0. The molecule has 0 spiro atoms. The summed E-state index contributed by atoms with van der Waals surface area (Å²) in [6, 6.07) is 7.33. The van der Waals surface area contributed by atoms with Crippen molar-refractivity contribution >= 4 is 34.6 Å². The van der Waals surface area contributed by atoms with Crippen LogP contribution in [-0.2, 0) is 4.79 Å². The number of carbonyl (C=O) groups excluding carboxylic acids is 1. The number of carboxylic acid groups (broad SMARTS) is 1. The molecule has 1 aliphatic carbocycles. The summed E-state index contributed by atoms with van der Waals surface area (Å²) in [5, 5.41) is 16.4. The standard InChI is InChI=1S/C26H30N4O3S/c1-16(2)30(25(31)20-7-5-17(3)6-8-20)24-22(26(32)33)13-29(28-24)21-11-9-19(10-12-21)18(4)23-14-34-15-27-23/h9-17,20H,4-8H2,1-3H3,(H,32,33)/t17-,20-. The first-order chi connectivity index (χ1) is 16.3. The fourth-order valence-electron chi connectivity index (χ4n) is 4.46. The molecule has 0 unspecified atom stereocenters. The monoisotopic (exact) mass is 478 g/mol. The molecule has 34 heavy (non-hydrogen) atoms. The summed E-state index contributed by atoms with van der Waals surface area (Å²) < 4.78 is 1.53. The van der Waals surface area contributed by atoms with E-state index in [1.54, 1.807) is 10.4 Å². The molecule has 1 fully saturated rings. The third-order valence-electron chi connectivity index (χ3n) is 6.49. The van der Waals surface area contributed by atoms with Crippen molar-refractivity contribution in [2.45, 2.75) is 52.5 Å². The van der Waals surface area contributed by atoms with E-state index in [4.69, 9.17) is 0 Å². The first-order valence-electron chi connectivity index (χ1n) is 11.6. The maximum Gasteiger partial charge on any atom is 0.341 e. The van der Waals surface area contributed by atoms with Gasteiger partial charge in [-0.15, -0.1) is 16.4 Å². The Kier molecular flexibility index (Phi) is 6.97. The summed E-state index contributed by atoms with van der Waals surface area (Å²) >= 11 is 1.51. The van der Waals surface area contributed by atoms with Crippen molar-refractivity contribution in [2.75, 3.05) is 4.90 Å². The van der Waals surface area contributed by atoms with E-state index in [2.05, 4.69) is 23.6 Å².